The molecule has 0 radical (unpaired) electrons. The molecule has 0 saturated carbocycles. The summed E-state index contributed by atoms with van der Waals surface area (Å²) >= 11 is 0. The van der Waals surface area contributed by atoms with Crippen molar-refractivity contribution in [2.45, 2.75) is 33.0 Å². The Morgan fingerprint density at radius 3 is 2.28 bits per heavy atom. The molecule has 1 amide bonds. The molecule has 0 unspecified atom stereocenters. The van der Waals surface area contributed by atoms with Crippen molar-refractivity contribution in [3.8, 4) is 0 Å². The summed E-state index contributed by atoms with van der Waals surface area (Å²) in [4.78, 5) is 17.0. The molecule has 1 heterocycles. The van der Waals surface area contributed by atoms with Crippen LogP contribution < -0.4 is 0 Å². The maximum Gasteiger partial charge on any atom is 0.253 e. The van der Waals surface area contributed by atoms with Crippen molar-refractivity contribution < 1.29 is 4.79 Å². The van der Waals surface area contributed by atoms with E-state index in [4.69, 9.17) is 0 Å². The topological polar surface area (TPSA) is 23.6 Å². The van der Waals surface area contributed by atoms with Crippen molar-refractivity contribution in [3.05, 3.63) is 106 Å². The summed E-state index contributed by atoms with van der Waals surface area (Å²) in [6.45, 7) is 5.69. The van der Waals surface area contributed by atoms with Crippen molar-refractivity contribution in [1.29, 1.82) is 0 Å². The molecule has 0 fully saturated rings. The molecule has 0 atom stereocenters. The molecule has 0 N–H and O–H groups in total. The van der Waals surface area contributed by atoms with Gasteiger partial charge in [-0.05, 0) is 47.7 Å². The number of aryl methyl sites for hydroxylation is 1. The van der Waals surface area contributed by atoms with Crippen molar-refractivity contribution in [2.75, 3.05) is 13.6 Å². The molecular weight excluding hydrogens is 356 g/mol. The van der Waals surface area contributed by atoms with E-state index in [0.29, 0.717) is 6.54 Å². The number of hydrogen-bond donors (Lipinski definition) is 0. The number of fused-ring (bicyclic) bond motifs is 1. The fraction of sp³-hybridized carbons (Fsp3) is 0.269. The molecule has 148 valence electrons. The molecule has 3 aromatic carbocycles. The Kier molecular flexibility index (Phi) is 5.77. The first kappa shape index (κ1) is 19.4. The van der Waals surface area contributed by atoms with Gasteiger partial charge in [0.15, 0.2) is 0 Å². The van der Waals surface area contributed by atoms with Gasteiger partial charge in [0.1, 0.15) is 0 Å². The highest BCUT2D eigenvalue weighted by Gasteiger charge is 2.16. The Hall–Kier alpha value is -2.91. The minimum absolute atomic E-state index is 0.0593. The van der Waals surface area contributed by atoms with Gasteiger partial charge in [0.25, 0.3) is 5.91 Å². The third-order valence-electron chi connectivity index (χ3n) is 5.70. The number of hydrogen-bond acceptors (Lipinski definition) is 2. The number of nitrogens with zero attached hydrogens (tertiary/aromatic N) is 2. The lowest BCUT2D eigenvalue weighted by Crippen LogP contribution is -2.30. The highest BCUT2D eigenvalue weighted by molar-refractivity contribution is 5.94. The van der Waals surface area contributed by atoms with E-state index in [2.05, 4.69) is 72.5 Å². The zero-order valence-corrected chi connectivity index (χ0v) is 17.3. The molecule has 0 spiro atoms. The summed E-state index contributed by atoms with van der Waals surface area (Å²) in [5.74, 6) is 0.0593. The molecule has 29 heavy (non-hydrogen) atoms. The highest BCUT2D eigenvalue weighted by atomic mass is 16.2. The standard InChI is InChI=1S/C26H28N2O/c1-20-7-9-21(10-8-20)17-27(2)26(29)24-13-11-22(12-14-24)18-28-16-15-23-5-3-4-6-25(23)19-28/h3-14H,15-19H2,1-2H3. The molecule has 4 rings (SSSR count). The lowest BCUT2D eigenvalue weighted by atomic mass is 9.99. The second-order valence-corrected chi connectivity index (χ2v) is 8.07. The second kappa shape index (κ2) is 8.62. The minimum atomic E-state index is 0.0593. The molecule has 0 bridgehead atoms. The zero-order chi connectivity index (χ0) is 20.2. The van der Waals surface area contributed by atoms with Crippen LogP contribution in [-0.2, 0) is 26.1 Å². The number of rotatable bonds is 5. The van der Waals surface area contributed by atoms with Crippen LogP contribution in [0.15, 0.2) is 72.8 Å². The average molecular weight is 385 g/mol. The van der Waals surface area contributed by atoms with Crippen LogP contribution >= 0.6 is 0 Å². The van der Waals surface area contributed by atoms with E-state index in [1.54, 1.807) is 4.90 Å². The minimum Gasteiger partial charge on any atom is -0.337 e. The van der Waals surface area contributed by atoms with Gasteiger partial charge in [0.2, 0.25) is 0 Å². The van der Waals surface area contributed by atoms with Gasteiger partial charge in [-0.25, -0.2) is 0 Å². The largest absolute Gasteiger partial charge is 0.337 e. The summed E-state index contributed by atoms with van der Waals surface area (Å²) in [6, 6.07) is 25.1. The van der Waals surface area contributed by atoms with Crippen LogP contribution in [0.1, 0.15) is 38.2 Å². The number of carbonyl (C=O) groups is 1. The monoisotopic (exact) mass is 384 g/mol. The Morgan fingerprint density at radius 1 is 0.897 bits per heavy atom. The number of amides is 1. The maximum absolute atomic E-state index is 12.8. The van der Waals surface area contributed by atoms with E-state index in [-0.39, 0.29) is 5.91 Å². The smallest absolute Gasteiger partial charge is 0.253 e. The third-order valence-corrected chi connectivity index (χ3v) is 5.70. The molecule has 3 heteroatoms. The second-order valence-electron chi connectivity index (χ2n) is 8.07. The van der Waals surface area contributed by atoms with Gasteiger partial charge in [0.05, 0.1) is 0 Å². The fourth-order valence-corrected chi connectivity index (χ4v) is 3.96. The summed E-state index contributed by atoms with van der Waals surface area (Å²) in [6.07, 6.45) is 1.11. The molecule has 0 aromatic heterocycles. The highest BCUT2D eigenvalue weighted by Crippen LogP contribution is 2.20. The molecule has 3 aromatic rings. The molecule has 1 aliphatic rings. The van der Waals surface area contributed by atoms with Crippen LogP contribution in [0.4, 0.5) is 0 Å². The third kappa shape index (κ3) is 4.75. The van der Waals surface area contributed by atoms with E-state index >= 15 is 0 Å². The first-order valence-corrected chi connectivity index (χ1v) is 10.3. The summed E-state index contributed by atoms with van der Waals surface area (Å²) < 4.78 is 0. The molecule has 3 nitrogen and oxygen atoms in total. The van der Waals surface area contributed by atoms with Gasteiger partial charge in [0, 0.05) is 38.8 Å². The predicted molar refractivity (Wildman–Crippen MR) is 118 cm³/mol. The number of benzene rings is 3. The van der Waals surface area contributed by atoms with Crippen molar-refractivity contribution >= 4 is 5.91 Å². The quantitative estimate of drug-likeness (QED) is 0.629. The average Bonchev–Trinajstić information content (AvgIpc) is 2.75. The van der Waals surface area contributed by atoms with Crippen molar-refractivity contribution in [1.82, 2.24) is 9.80 Å². The van der Waals surface area contributed by atoms with Crippen LogP contribution in [0.2, 0.25) is 0 Å². The summed E-state index contributed by atoms with van der Waals surface area (Å²) in [5.41, 5.74) is 7.28. The van der Waals surface area contributed by atoms with Crippen molar-refractivity contribution in [2.24, 2.45) is 0 Å². The predicted octanol–water partition coefficient (Wildman–Crippen LogP) is 4.83. The van der Waals surface area contributed by atoms with Crippen LogP contribution in [0.3, 0.4) is 0 Å². The SMILES string of the molecule is Cc1ccc(CN(C)C(=O)c2ccc(CN3CCc4ccccc4C3)cc2)cc1. The van der Waals surface area contributed by atoms with Gasteiger partial charge >= 0.3 is 0 Å². The molecular formula is C26H28N2O. The Bertz CT molecular complexity index is 976. The maximum atomic E-state index is 12.8. The first-order valence-electron chi connectivity index (χ1n) is 10.3. The van der Waals surface area contributed by atoms with E-state index in [1.165, 1.54) is 22.3 Å². The normalized spacial score (nSPS) is 13.7. The van der Waals surface area contributed by atoms with Crippen LogP contribution in [0, 0.1) is 6.92 Å². The van der Waals surface area contributed by atoms with Crippen LogP contribution in [0.25, 0.3) is 0 Å². The molecule has 1 aliphatic heterocycles. The van der Waals surface area contributed by atoms with Gasteiger partial charge in [-0.2, -0.15) is 0 Å². The van der Waals surface area contributed by atoms with Crippen molar-refractivity contribution in [3.63, 3.8) is 0 Å². The van der Waals surface area contributed by atoms with E-state index < -0.39 is 0 Å². The van der Waals surface area contributed by atoms with E-state index in [9.17, 15) is 4.79 Å². The Morgan fingerprint density at radius 2 is 1.55 bits per heavy atom. The van der Waals surface area contributed by atoms with Gasteiger partial charge < -0.3 is 4.90 Å². The molecule has 0 saturated heterocycles. The fourth-order valence-electron chi connectivity index (χ4n) is 3.96. The Labute approximate surface area is 173 Å². The first-order chi connectivity index (χ1) is 14.1. The van der Waals surface area contributed by atoms with E-state index in [0.717, 1.165) is 37.2 Å². The van der Waals surface area contributed by atoms with E-state index in [1.807, 2.05) is 19.2 Å². The van der Waals surface area contributed by atoms with Crippen LogP contribution in [0.5, 0.6) is 0 Å². The van der Waals surface area contributed by atoms with Gasteiger partial charge in [-0.1, -0.05) is 66.2 Å². The zero-order valence-electron chi connectivity index (χ0n) is 17.3. The lowest BCUT2D eigenvalue weighted by Gasteiger charge is -2.28. The lowest BCUT2D eigenvalue weighted by molar-refractivity contribution is 0.0785. The summed E-state index contributed by atoms with van der Waals surface area (Å²) in [7, 11) is 1.86. The summed E-state index contributed by atoms with van der Waals surface area (Å²) in [5, 5.41) is 0. The van der Waals surface area contributed by atoms with Crippen LogP contribution in [-0.4, -0.2) is 29.3 Å². The number of carbonyl (C=O) groups excluding carboxylic acids is 1. The molecule has 0 aliphatic carbocycles. The van der Waals surface area contributed by atoms with Gasteiger partial charge in [-0.15, -0.1) is 0 Å². The Balaban J connectivity index is 1.36. The van der Waals surface area contributed by atoms with Gasteiger partial charge in [-0.3, -0.25) is 9.69 Å².